The number of rotatable bonds is 6. The van der Waals surface area contributed by atoms with Crippen LogP contribution in [0.15, 0.2) is 55.4 Å². The quantitative estimate of drug-likeness (QED) is 0.569. The number of pyridine rings is 1. The van der Waals surface area contributed by atoms with Crippen LogP contribution < -0.4 is 10.2 Å². The van der Waals surface area contributed by atoms with E-state index in [2.05, 4.69) is 37.7 Å². The van der Waals surface area contributed by atoms with Crippen molar-refractivity contribution >= 4 is 17.5 Å². The number of amides is 2. The third-order valence-electron chi connectivity index (χ3n) is 5.01. The summed E-state index contributed by atoms with van der Waals surface area (Å²) in [7, 11) is 0. The molecule has 2 amide bonds. The zero-order chi connectivity index (χ0) is 25.2. The first-order chi connectivity index (χ1) is 15.0. The minimum absolute atomic E-state index is 0.111. The van der Waals surface area contributed by atoms with Crippen LogP contribution in [0.25, 0.3) is 0 Å². The fourth-order valence-corrected chi connectivity index (χ4v) is 3.33. The minimum Gasteiger partial charge on any atom is -0.349 e. The lowest BCUT2D eigenvalue weighted by molar-refractivity contribution is -0.126. The highest BCUT2D eigenvalue weighted by atomic mass is 19.3. The number of alkyl halides is 2. The van der Waals surface area contributed by atoms with Crippen molar-refractivity contribution in [3.05, 3.63) is 72.1 Å². The number of hydrogen-bond acceptors (Lipinski definition) is 3. The molecule has 1 unspecified atom stereocenters. The molecule has 0 saturated carbocycles. The summed E-state index contributed by atoms with van der Waals surface area (Å²) in [5.41, 5.74) is 0.583. The third kappa shape index (κ3) is 6.70. The Hall–Kier alpha value is -3.09. The molecule has 0 aliphatic carbocycles. The molecule has 1 atom stereocenters. The van der Waals surface area contributed by atoms with Gasteiger partial charge >= 0.3 is 0 Å². The van der Waals surface area contributed by atoms with Crippen LogP contribution in [0.4, 0.5) is 14.5 Å². The molecule has 5 nitrogen and oxygen atoms in total. The number of halogens is 2. The van der Waals surface area contributed by atoms with Crippen LogP contribution in [-0.2, 0) is 20.9 Å². The summed E-state index contributed by atoms with van der Waals surface area (Å²) in [5, 5.41) is 2.86. The highest BCUT2D eigenvalue weighted by Gasteiger charge is 2.35. The number of carbonyl (C=O) groups is 2. The van der Waals surface area contributed by atoms with Crippen LogP contribution in [0.1, 0.15) is 71.2 Å². The first-order valence-corrected chi connectivity index (χ1v) is 10.8. The van der Waals surface area contributed by atoms with Crippen molar-refractivity contribution < 1.29 is 18.4 Å². The lowest BCUT2D eigenvalue weighted by Gasteiger charge is -2.33. The summed E-state index contributed by atoms with van der Waals surface area (Å²) in [4.78, 5) is 31.6. The van der Waals surface area contributed by atoms with Crippen LogP contribution in [-0.4, -0.2) is 22.3 Å². The van der Waals surface area contributed by atoms with Gasteiger partial charge in [-0.1, -0.05) is 39.5 Å². The molecule has 0 aliphatic rings. The van der Waals surface area contributed by atoms with E-state index < -0.39 is 29.3 Å². The molecule has 0 bridgehead atoms. The van der Waals surface area contributed by atoms with Crippen molar-refractivity contribution in [3.8, 4) is 0 Å². The molecule has 7 heteroatoms. The zero-order valence-electron chi connectivity index (χ0n) is 20.4. The first-order valence-electron chi connectivity index (χ1n) is 10.8. The van der Waals surface area contributed by atoms with Crippen molar-refractivity contribution in [3.63, 3.8) is 0 Å². The monoisotopic (exact) mass is 457 g/mol. The van der Waals surface area contributed by atoms with Crippen molar-refractivity contribution in [2.45, 2.75) is 71.4 Å². The first kappa shape index (κ1) is 26.2. The molecule has 1 aromatic carbocycles. The lowest BCUT2D eigenvalue weighted by atomic mass is 9.87. The Bertz CT molecular complexity index is 1010. The molecule has 1 heterocycles. The van der Waals surface area contributed by atoms with Crippen molar-refractivity contribution in [2.75, 3.05) is 4.90 Å². The van der Waals surface area contributed by atoms with E-state index in [-0.39, 0.29) is 16.5 Å². The van der Waals surface area contributed by atoms with E-state index >= 15 is 0 Å². The van der Waals surface area contributed by atoms with Crippen molar-refractivity contribution in [2.24, 2.45) is 0 Å². The summed E-state index contributed by atoms with van der Waals surface area (Å²) in [6.45, 7) is 15.9. The van der Waals surface area contributed by atoms with Gasteiger partial charge in [0.1, 0.15) is 6.04 Å². The Morgan fingerprint density at radius 3 is 2.03 bits per heavy atom. The second-order valence-corrected chi connectivity index (χ2v) is 10.2. The van der Waals surface area contributed by atoms with E-state index in [0.717, 1.165) is 24.8 Å². The number of aromatic nitrogens is 1. The van der Waals surface area contributed by atoms with Gasteiger partial charge in [-0.15, -0.1) is 0 Å². The predicted molar refractivity (Wildman–Crippen MR) is 127 cm³/mol. The Balaban J connectivity index is 2.70. The standard InChI is InChI=1S/C26H33F2N3O2/c1-9-21(32)31(20-12-10-18(11-13-20)24(2,3)4)22(23(33)30-25(5,6)7)17-14-19(16-29-15-17)26(8,27)28/h9-16,22H,1H2,2-8H3,(H,30,33). The van der Waals surface area contributed by atoms with Crippen LogP contribution in [0.5, 0.6) is 0 Å². The van der Waals surface area contributed by atoms with Gasteiger partial charge in [0.05, 0.1) is 0 Å². The molecule has 2 aromatic rings. The van der Waals surface area contributed by atoms with Gasteiger partial charge in [-0.3, -0.25) is 19.5 Å². The number of nitrogens with one attached hydrogen (secondary N) is 1. The summed E-state index contributed by atoms with van der Waals surface area (Å²) in [6, 6.07) is 7.23. The average molecular weight is 458 g/mol. The van der Waals surface area contributed by atoms with Gasteiger partial charge in [0, 0.05) is 41.7 Å². The smallest absolute Gasteiger partial charge is 0.272 e. The molecule has 0 radical (unpaired) electrons. The molecule has 33 heavy (non-hydrogen) atoms. The number of nitrogens with zero attached hydrogens (tertiary/aromatic N) is 2. The van der Waals surface area contributed by atoms with E-state index in [1.807, 2.05) is 12.1 Å². The fourth-order valence-electron chi connectivity index (χ4n) is 3.33. The molecule has 178 valence electrons. The number of hydrogen-bond donors (Lipinski definition) is 1. The predicted octanol–water partition coefficient (Wildman–Crippen LogP) is 5.67. The second-order valence-electron chi connectivity index (χ2n) is 10.2. The molecule has 1 aromatic heterocycles. The third-order valence-corrected chi connectivity index (χ3v) is 5.01. The molecule has 2 rings (SSSR count). The lowest BCUT2D eigenvalue weighted by Crippen LogP contribution is -2.49. The number of anilines is 1. The number of carbonyl (C=O) groups excluding carboxylic acids is 2. The molecule has 0 spiro atoms. The van der Waals surface area contributed by atoms with E-state index in [4.69, 9.17) is 0 Å². The highest BCUT2D eigenvalue weighted by molar-refractivity contribution is 6.06. The van der Waals surface area contributed by atoms with Crippen LogP contribution in [0, 0.1) is 0 Å². The molecule has 1 N–H and O–H groups in total. The SMILES string of the molecule is C=CC(=O)N(c1ccc(C(C)(C)C)cc1)C(C(=O)NC(C)(C)C)c1cncc(C(C)(F)F)c1. The topological polar surface area (TPSA) is 62.3 Å². The van der Waals surface area contributed by atoms with E-state index in [1.165, 1.54) is 17.2 Å². The van der Waals surface area contributed by atoms with E-state index in [9.17, 15) is 18.4 Å². The van der Waals surface area contributed by atoms with Gasteiger partial charge in [0.25, 0.3) is 11.8 Å². The normalized spacial score (nSPS) is 13.2. The maximum absolute atomic E-state index is 14.0. The van der Waals surface area contributed by atoms with Crippen LogP contribution in [0.3, 0.4) is 0 Å². The van der Waals surface area contributed by atoms with E-state index in [1.54, 1.807) is 32.9 Å². The van der Waals surface area contributed by atoms with Gasteiger partial charge in [0.15, 0.2) is 0 Å². The molecular weight excluding hydrogens is 424 g/mol. The summed E-state index contributed by atoms with van der Waals surface area (Å²) >= 11 is 0. The van der Waals surface area contributed by atoms with Crippen LogP contribution in [0.2, 0.25) is 0 Å². The molecule has 0 aliphatic heterocycles. The van der Waals surface area contributed by atoms with E-state index in [0.29, 0.717) is 5.69 Å². The van der Waals surface area contributed by atoms with Crippen molar-refractivity contribution in [1.82, 2.24) is 10.3 Å². The largest absolute Gasteiger partial charge is 0.349 e. The van der Waals surface area contributed by atoms with Gasteiger partial charge < -0.3 is 5.32 Å². The Kier molecular flexibility index (Phi) is 7.46. The number of benzene rings is 1. The Morgan fingerprint density at radius 1 is 1.00 bits per heavy atom. The summed E-state index contributed by atoms with van der Waals surface area (Å²) in [6.07, 6.45) is 3.48. The maximum Gasteiger partial charge on any atom is 0.272 e. The highest BCUT2D eigenvalue weighted by Crippen LogP contribution is 2.33. The van der Waals surface area contributed by atoms with Crippen LogP contribution >= 0.6 is 0 Å². The second kappa shape index (κ2) is 9.41. The zero-order valence-corrected chi connectivity index (χ0v) is 20.4. The Morgan fingerprint density at radius 2 is 1.58 bits per heavy atom. The van der Waals surface area contributed by atoms with Gasteiger partial charge in [-0.05, 0) is 56.0 Å². The average Bonchev–Trinajstić information content (AvgIpc) is 2.69. The molecule has 0 saturated heterocycles. The van der Waals surface area contributed by atoms with Crippen molar-refractivity contribution in [1.29, 1.82) is 0 Å². The molecule has 0 fully saturated rings. The fraction of sp³-hybridized carbons (Fsp3) is 0.423. The van der Waals surface area contributed by atoms with Gasteiger partial charge in [-0.25, -0.2) is 8.78 Å². The summed E-state index contributed by atoms with van der Waals surface area (Å²) in [5.74, 6) is -4.22. The minimum atomic E-state index is -3.16. The molecular formula is C26H33F2N3O2. The van der Waals surface area contributed by atoms with Gasteiger partial charge in [-0.2, -0.15) is 0 Å². The van der Waals surface area contributed by atoms with Gasteiger partial charge in [0.2, 0.25) is 5.91 Å². The summed E-state index contributed by atoms with van der Waals surface area (Å²) < 4.78 is 28.1. The maximum atomic E-state index is 14.0. The Labute approximate surface area is 194 Å².